The van der Waals surface area contributed by atoms with Crippen LogP contribution in [0.5, 0.6) is 0 Å². The van der Waals surface area contributed by atoms with Crippen molar-refractivity contribution in [2.24, 2.45) is 5.10 Å². The third-order valence-corrected chi connectivity index (χ3v) is 4.35. The van der Waals surface area contributed by atoms with Crippen molar-refractivity contribution in [2.75, 3.05) is 18.1 Å². The van der Waals surface area contributed by atoms with Crippen LogP contribution in [0, 0.1) is 15.9 Å². The number of carbonyl (C=O) groups excluding carboxylic acids is 1. The van der Waals surface area contributed by atoms with E-state index in [9.17, 15) is 19.3 Å². The largest absolute Gasteiger partial charge is 0.341 e. The minimum Gasteiger partial charge on any atom is -0.341 e. The number of rotatable bonds is 2. The van der Waals surface area contributed by atoms with Gasteiger partial charge in [0.05, 0.1) is 11.0 Å². The highest BCUT2D eigenvalue weighted by molar-refractivity contribution is 7.99. The number of hydrogen-bond donors (Lipinski definition) is 1. The smallest absolute Gasteiger partial charge is 0.273 e. The first-order valence-corrected chi connectivity index (χ1v) is 7.39. The fourth-order valence-corrected chi connectivity index (χ4v) is 3.41. The molecular weight excluding hydrogens is 299 g/mol. The molecule has 0 saturated carbocycles. The van der Waals surface area contributed by atoms with Gasteiger partial charge in [0.1, 0.15) is 11.9 Å². The summed E-state index contributed by atoms with van der Waals surface area (Å²) in [6, 6.07) is 2.92. The Kier molecular flexibility index (Phi) is 3.50. The number of nitro groups is 1. The lowest BCUT2D eigenvalue weighted by atomic mass is 10.1. The van der Waals surface area contributed by atoms with E-state index in [1.807, 2.05) is 0 Å². The SMILES string of the molecule is O=C1NN=C(c2cc(F)cc([N+](=O)[O-])c2)N2CCSCC12. The minimum absolute atomic E-state index is 0.211. The highest BCUT2D eigenvalue weighted by Gasteiger charge is 2.35. The molecule has 1 unspecified atom stereocenters. The van der Waals surface area contributed by atoms with Gasteiger partial charge in [0.25, 0.3) is 11.6 Å². The Balaban J connectivity index is 2.03. The van der Waals surface area contributed by atoms with E-state index in [0.717, 1.165) is 11.8 Å². The Morgan fingerprint density at radius 2 is 2.29 bits per heavy atom. The van der Waals surface area contributed by atoms with Crippen LogP contribution in [0.15, 0.2) is 23.3 Å². The van der Waals surface area contributed by atoms with Gasteiger partial charge in [-0.15, -0.1) is 0 Å². The highest BCUT2D eigenvalue weighted by atomic mass is 32.2. The molecule has 1 atom stereocenters. The molecule has 1 amide bonds. The average molecular weight is 310 g/mol. The normalized spacial score (nSPS) is 21.4. The number of carbonyl (C=O) groups is 1. The summed E-state index contributed by atoms with van der Waals surface area (Å²) < 4.78 is 13.6. The summed E-state index contributed by atoms with van der Waals surface area (Å²) >= 11 is 1.65. The Morgan fingerprint density at radius 3 is 3.05 bits per heavy atom. The molecule has 2 heterocycles. The third-order valence-electron chi connectivity index (χ3n) is 3.33. The molecule has 1 N–H and O–H groups in total. The van der Waals surface area contributed by atoms with Gasteiger partial charge in [-0.3, -0.25) is 14.9 Å². The van der Waals surface area contributed by atoms with Gasteiger partial charge in [0.2, 0.25) is 0 Å². The van der Waals surface area contributed by atoms with E-state index in [1.54, 1.807) is 16.7 Å². The molecule has 0 radical (unpaired) electrons. The molecule has 21 heavy (non-hydrogen) atoms. The Labute approximate surface area is 123 Å². The van der Waals surface area contributed by atoms with E-state index in [-0.39, 0.29) is 17.6 Å². The summed E-state index contributed by atoms with van der Waals surface area (Å²) in [5.41, 5.74) is 2.35. The van der Waals surface area contributed by atoms with Crippen molar-refractivity contribution in [1.29, 1.82) is 0 Å². The molecule has 2 aliphatic rings. The minimum atomic E-state index is -0.707. The maximum absolute atomic E-state index is 13.6. The molecule has 2 aliphatic heterocycles. The van der Waals surface area contributed by atoms with E-state index < -0.39 is 10.7 Å². The molecule has 1 aromatic rings. The Morgan fingerprint density at radius 1 is 1.48 bits per heavy atom. The first kappa shape index (κ1) is 13.8. The molecule has 110 valence electrons. The average Bonchev–Trinajstić information content (AvgIpc) is 2.47. The zero-order valence-corrected chi connectivity index (χ0v) is 11.6. The van der Waals surface area contributed by atoms with Gasteiger partial charge < -0.3 is 4.90 Å². The predicted molar refractivity (Wildman–Crippen MR) is 75.6 cm³/mol. The van der Waals surface area contributed by atoms with Crippen LogP contribution < -0.4 is 5.43 Å². The fraction of sp³-hybridized carbons (Fsp3) is 0.333. The van der Waals surface area contributed by atoms with Gasteiger partial charge in [0.15, 0.2) is 5.84 Å². The maximum atomic E-state index is 13.6. The van der Waals surface area contributed by atoms with Crippen molar-refractivity contribution in [3.8, 4) is 0 Å². The number of nitrogens with zero attached hydrogens (tertiary/aromatic N) is 3. The number of hydrazone groups is 1. The van der Waals surface area contributed by atoms with Gasteiger partial charge in [-0.05, 0) is 6.07 Å². The number of nitro benzene ring substituents is 1. The maximum Gasteiger partial charge on any atom is 0.273 e. The molecule has 0 bridgehead atoms. The number of hydrogen-bond acceptors (Lipinski definition) is 6. The van der Waals surface area contributed by atoms with Crippen molar-refractivity contribution in [2.45, 2.75) is 6.04 Å². The van der Waals surface area contributed by atoms with Crippen LogP contribution in [-0.4, -0.2) is 45.7 Å². The summed E-state index contributed by atoms with van der Waals surface area (Å²) in [6.45, 7) is 0.589. The molecular formula is C12H11FN4O3S. The van der Waals surface area contributed by atoms with Gasteiger partial charge in [-0.2, -0.15) is 16.9 Å². The Bertz CT molecular complexity index is 651. The van der Waals surface area contributed by atoms with Crippen molar-refractivity contribution in [1.82, 2.24) is 10.3 Å². The molecule has 1 saturated heterocycles. The molecule has 1 aromatic carbocycles. The number of halogens is 1. The fourth-order valence-electron chi connectivity index (χ4n) is 2.36. The van der Waals surface area contributed by atoms with E-state index >= 15 is 0 Å². The second-order valence-corrected chi connectivity index (χ2v) is 5.80. The number of non-ortho nitro benzene ring substituents is 1. The molecule has 0 aromatic heterocycles. The summed E-state index contributed by atoms with van der Waals surface area (Å²) in [5.74, 6) is 0.878. The lowest BCUT2D eigenvalue weighted by Crippen LogP contribution is -2.57. The lowest BCUT2D eigenvalue weighted by Gasteiger charge is -2.38. The summed E-state index contributed by atoms with van der Waals surface area (Å²) in [5, 5.41) is 14.8. The standard InChI is InChI=1S/C12H11FN4O3S/c13-8-3-7(4-9(5-8)17(19)20)11-14-15-12(18)10-6-21-2-1-16(10)11/h3-5,10H,1-2,6H2,(H,15,18). The quantitative estimate of drug-likeness (QED) is 0.649. The van der Waals surface area contributed by atoms with Crippen LogP contribution in [0.3, 0.4) is 0 Å². The van der Waals surface area contributed by atoms with Crippen molar-refractivity contribution < 1.29 is 14.1 Å². The van der Waals surface area contributed by atoms with Gasteiger partial charge in [-0.25, -0.2) is 9.82 Å². The number of thioether (sulfide) groups is 1. The predicted octanol–water partition coefficient (Wildman–Crippen LogP) is 0.943. The van der Waals surface area contributed by atoms with Crippen LogP contribution in [0.1, 0.15) is 5.56 Å². The zero-order valence-electron chi connectivity index (χ0n) is 10.8. The summed E-state index contributed by atoms with van der Waals surface area (Å²) in [7, 11) is 0. The molecule has 9 heteroatoms. The van der Waals surface area contributed by atoms with Crippen LogP contribution in [0.2, 0.25) is 0 Å². The van der Waals surface area contributed by atoms with E-state index in [4.69, 9.17) is 0 Å². The van der Waals surface area contributed by atoms with Gasteiger partial charge in [0, 0.05) is 29.7 Å². The van der Waals surface area contributed by atoms with E-state index in [1.165, 1.54) is 12.1 Å². The Hall–Kier alpha value is -2.16. The first-order valence-electron chi connectivity index (χ1n) is 6.23. The second kappa shape index (κ2) is 5.32. The molecule has 7 nitrogen and oxygen atoms in total. The number of fused-ring (bicyclic) bond motifs is 1. The van der Waals surface area contributed by atoms with Crippen LogP contribution in [-0.2, 0) is 4.79 Å². The summed E-state index contributed by atoms with van der Waals surface area (Å²) in [6.07, 6.45) is 0. The van der Waals surface area contributed by atoms with Crippen molar-refractivity contribution in [3.05, 3.63) is 39.7 Å². The van der Waals surface area contributed by atoms with E-state index in [2.05, 4.69) is 10.5 Å². The van der Waals surface area contributed by atoms with Crippen LogP contribution in [0.4, 0.5) is 10.1 Å². The van der Waals surface area contributed by atoms with Crippen molar-refractivity contribution in [3.63, 3.8) is 0 Å². The van der Waals surface area contributed by atoms with Gasteiger partial charge in [-0.1, -0.05) is 0 Å². The molecule has 1 fully saturated rings. The summed E-state index contributed by atoms with van der Waals surface area (Å²) in [4.78, 5) is 23.7. The lowest BCUT2D eigenvalue weighted by molar-refractivity contribution is -0.385. The van der Waals surface area contributed by atoms with Crippen LogP contribution >= 0.6 is 11.8 Å². The first-order chi connectivity index (χ1) is 10.1. The molecule has 0 spiro atoms. The van der Waals surface area contributed by atoms with E-state index in [0.29, 0.717) is 23.7 Å². The van der Waals surface area contributed by atoms with Crippen LogP contribution in [0.25, 0.3) is 0 Å². The van der Waals surface area contributed by atoms with Crippen molar-refractivity contribution >= 4 is 29.2 Å². The van der Waals surface area contributed by atoms with Gasteiger partial charge >= 0.3 is 0 Å². The number of amidine groups is 1. The second-order valence-electron chi connectivity index (χ2n) is 4.65. The zero-order chi connectivity index (χ0) is 15.0. The molecule has 0 aliphatic carbocycles. The number of nitrogens with one attached hydrogen (secondary N) is 1. The number of amides is 1. The number of benzene rings is 1. The topological polar surface area (TPSA) is 87.8 Å². The highest BCUT2D eigenvalue weighted by Crippen LogP contribution is 2.24. The third kappa shape index (κ3) is 2.56. The monoisotopic (exact) mass is 310 g/mol. The molecule has 3 rings (SSSR count).